The summed E-state index contributed by atoms with van der Waals surface area (Å²) in [6.07, 6.45) is 2.90. The van der Waals surface area contributed by atoms with Crippen molar-refractivity contribution < 1.29 is 28.0 Å². The van der Waals surface area contributed by atoms with E-state index in [4.69, 9.17) is 30.2 Å². The molecule has 4 atom stereocenters. The van der Waals surface area contributed by atoms with Crippen molar-refractivity contribution in [2.24, 2.45) is 11.8 Å². The van der Waals surface area contributed by atoms with Crippen LogP contribution in [-0.2, 0) is 39.8 Å². The zero-order valence-corrected chi connectivity index (χ0v) is 13.3. The van der Waals surface area contributed by atoms with E-state index < -0.39 is 30.4 Å². The summed E-state index contributed by atoms with van der Waals surface area (Å²) in [5.41, 5.74) is 0. The molecule has 3 rings (SSSR count). The lowest BCUT2D eigenvalue weighted by molar-refractivity contribution is -0.171. The second kappa shape index (κ2) is 5.53. The predicted octanol–water partition coefficient (Wildman–Crippen LogP) is 1.15. The Balaban J connectivity index is 1.80. The molecule has 0 aromatic rings. The number of fused-ring (bicyclic) bond motifs is 5. The standard InChI is InChI=1S/C12H16NO6PS/c1-3-16-20(21,17-4-2)19-13-11(14)9-7-5-6-8(18-7)10(9)12(13)15/h5-10H,3-4H2,1-2H3. The number of hydrogen-bond acceptors (Lipinski definition) is 7. The van der Waals surface area contributed by atoms with Gasteiger partial charge in [0.2, 0.25) is 0 Å². The van der Waals surface area contributed by atoms with E-state index in [-0.39, 0.29) is 25.4 Å². The zero-order chi connectivity index (χ0) is 15.2. The Hall–Kier alpha value is -0.630. The highest BCUT2D eigenvalue weighted by molar-refractivity contribution is 8.07. The van der Waals surface area contributed by atoms with Crippen LogP contribution in [0.25, 0.3) is 0 Å². The predicted molar refractivity (Wildman–Crippen MR) is 75.3 cm³/mol. The van der Waals surface area contributed by atoms with Crippen molar-refractivity contribution in [3.8, 4) is 0 Å². The van der Waals surface area contributed by atoms with Crippen LogP contribution in [0, 0.1) is 11.8 Å². The summed E-state index contributed by atoms with van der Waals surface area (Å²) in [6.45, 7) is 0.882. The minimum absolute atomic E-state index is 0.274. The van der Waals surface area contributed by atoms with Crippen LogP contribution >= 0.6 is 6.72 Å². The monoisotopic (exact) mass is 333 g/mol. The summed E-state index contributed by atoms with van der Waals surface area (Å²) in [6, 6.07) is 0. The SMILES string of the molecule is CCOP(=S)(OCC)ON1C(=O)C2C3C=CC(O3)C2C1=O. The van der Waals surface area contributed by atoms with Gasteiger partial charge in [-0.3, -0.25) is 9.59 Å². The highest BCUT2D eigenvalue weighted by Gasteiger charge is 2.62. The third-order valence-electron chi connectivity index (χ3n) is 3.63. The highest BCUT2D eigenvalue weighted by atomic mass is 32.5. The first-order valence-electron chi connectivity index (χ1n) is 6.81. The number of carbonyl (C=O) groups excluding carboxylic acids is 2. The maximum absolute atomic E-state index is 12.4. The molecule has 2 fully saturated rings. The van der Waals surface area contributed by atoms with E-state index in [0.717, 1.165) is 5.06 Å². The molecule has 4 unspecified atom stereocenters. The lowest BCUT2D eigenvalue weighted by Gasteiger charge is -2.24. The molecule has 21 heavy (non-hydrogen) atoms. The van der Waals surface area contributed by atoms with E-state index >= 15 is 0 Å². The lowest BCUT2D eigenvalue weighted by atomic mass is 9.85. The van der Waals surface area contributed by atoms with Gasteiger partial charge in [-0.15, -0.1) is 5.06 Å². The van der Waals surface area contributed by atoms with Crippen molar-refractivity contribution >= 4 is 30.3 Å². The fourth-order valence-corrected chi connectivity index (χ4v) is 4.85. The second-order valence-electron chi connectivity index (χ2n) is 4.84. The van der Waals surface area contributed by atoms with Gasteiger partial charge in [-0.05, 0) is 25.7 Å². The zero-order valence-electron chi connectivity index (χ0n) is 11.6. The smallest absolute Gasteiger partial charge is 0.349 e. The summed E-state index contributed by atoms with van der Waals surface area (Å²) in [5, 5.41) is 0.733. The van der Waals surface area contributed by atoms with Crippen molar-refractivity contribution in [1.82, 2.24) is 5.06 Å². The molecular weight excluding hydrogens is 317 g/mol. The van der Waals surface area contributed by atoms with Crippen molar-refractivity contribution in [3.63, 3.8) is 0 Å². The van der Waals surface area contributed by atoms with Gasteiger partial charge in [0.1, 0.15) is 0 Å². The van der Waals surface area contributed by atoms with Crippen molar-refractivity contribution in [1.29, 1.82) is 0 Å². The third-order valence-corrected chi connectivity index (χ3v) is 5.97. The van der Waals surface area contributed by atoms with Crippen LogP contribution in [0.4, 0.5) is 0 Å². The molecule has 116 valence electrons. The van der Waals surface area contributed by atoms with E-state index in [0.29, 0.717) is 0 Å². The summed E-state index contributed by atoms with van der Waals surface area (Å²) in [5.74, 6) is -1.93. The summed E-state index contributed by atoms with van der Waals surface area (Å²) >= 11 is 5.20. The van der Waals surface area contributed by atoms with Crippen molar-refractivity contribution in [3.05, 3.63) is 12.2 Å². The summed E-state index contributed by atoms with van der Waals surface area (Å²) in [4.78, 5) is 24.8. The van der Waals surface area contributed by atoms with Crippen LogP contribution in [0.5, 0.6) is 0 Å². The number of hydroxylamine groups is 2. The van der Waals surface area contributed by atoms with Gasteiger partial charge in [0.05, 0.1) is 37.3 Å². The highest BCUT2D eigenvalue weighted by Crippen LogP contribution is 2.54. The van der Waals surface area contributed by atoms with Crippen LogP contribution < -0.4 is 0 Å². The van der Waals surface area contributed by atoms with E-state index in [1.54, 1.807) is 13.8 Å². The number of hydrogen-bond donors (Lipinski definition) is 0. The Labute approximate surface area is 127 Å². The van der Waals surface area contributed by atoms with Gasteiger partial charge < -0.3 is 13.8 Å². The first-order chi connectivity index (χ1) is 10.0. The maximum Gasteiger partial charge on any atom is 0.349 e. The van der Waals surface area contributed by atoms with Crippen LogP contribution in [-0.4, -0.2) is 42.3 Å². The normalized spacial score (nSPS) is 34.1. The molecule has 2 bridgehead atoms. The Kier molecular flexibility index (Phi) is 4.02. The van der Waals surface area contributed by atoms with Crippen molar-refractivity contribution in [2.45, 2.75) is 26.1 Å². The molecule has 2 amide bonds. The molecule has 0 aromatic heterocycles. The average molecular weight is 333 g/mol. The van der Waals surface area contributed by atoms with E-state index in [9.17, 15) is 9.59 Å². The molecule has 0 N–H and O–H groups in total. The molecule has 0 aliphatic carbocycles. The topological polar surface area (TPSA) is 74.3 Å². The number of imide groups is 1. The summed E-state index contributed by atoms with van der Waals surface area (Å²) < 4.78 is 21.6. The van der Waals surface area contributed by atoms with E-state index in [1.165, 1.54) is 0 Å². The summed E-state index contributed by atoms with van der Waals surface area (Å²) in [7, 11) is 0. The molecule has 0 aromatic carbocycles. The van der Waals surface area contributed by atoms with Crippen molar-refractivity contribution in [2.75, 3.05) is 13.2 Å². The Morgan fingerprint density at radius 3 is 2.05 bits per heavy atom. The van der Waals surface area contributed by atoms with E-state index in [2.05, 4.69) is 0 Å². The van der Waals surface area contributed by atoms with Gasteiger partial charge in [0.25, 0.3) is 11.8 Å². The molecular formula is C12H16NO6PS. The number of nitrogens with zero attached hydrogens (tertiary/aromatic N) is 1. The third kappa shape index (κ3) is 2.40. The van der Waals surface area contributed by atoms with E-state index in [1.807, 2.05) is 12.2 Å². The molecule has 3 aliphatic rings. The number of carbonyl (C=O) groups is 2. The molecule has 7 nitrogen and oxygen atoms in total. The number of amides is 2. The van der Waals surface area contributed by atoms with Gasteiger partial charge in [-0.1, -0.05) is 12.2 Å². The fraction of sp³-hybridized carbons (Fsp3) is 0.667. The lowest BCUT2D eigenvalue weighted by Crippen LogP contribution is -2.34. The van der Waals surface area contributed by atoms with Crippen LogP contribution in [0.3, 0.4) is 0 Å². The second-order valence-corrected chi connectivity index (χ2v) is 7.75. The molecule has 0 radical (unpaired) electrons. The minimum atomic E-state index is -3.15. The maximum atomic E-state index is 12.4. The molecule has 0 saturated carbocycles. The van der Waals surface area contributed by atoms with Gasteiger partial charge in [0.15, 0.2) is 0 Å². The van der Waals surface area contributed by atoms with Gasteiger partial charge >= 0.3 is 6.72 Å². The fourth-order valence-electron chi connectivity index (χ4n) is 2.86. The molecule has 3 heterocycles. The minimum Gasteiger partial charge on any atom is -0.365 e. The molecule has 9 heteroatoms. The Bertz CT molecular complexity index is 512. The average Bonchev–Trinajstić information content (AvgIpc) is 3.09. The molecule has 3 aliphatic heterocycles. The van der Waals surface area contributed by atoms with Crippen LogP contribution in [0.2, 0.25) is 0 Å². The quantitative estimate of drug-likeness (QED) is 0.410. The van der Waals surface area contributed by atoms with Crippen LogP contribution in [0.15, 0.2) is 12.2 Å². The van der Waals surface area contributed by atoms with Gasteiger partial charge in [-0.2, -0.15) is 4.62 Å². The number of ether oxygens (including phenoxy) is 1. The first kappa shape index (κ1) is 15.3. The van der Waals surface area contributed by atoms with Crippen LogP contribution in [0.1, 0.15) is 13.8 Å². The first-order valence-corrected chi connectivity index (χ1v) is 9.36. The number of rotatable bonds is 6. The molecule has 2 saturated heterocycles. The Morgan fingerprint density at radius 1 is 1.14 bits per heavy atom. The van der Waals surface area contributed by atoms with Gasteiger partial charge in [-0.25, -0.2) is 0 Å². The largest absolute Gasteiger partial charge is 0.365 e. The molecule has 0 spiro atoms. The Morgan fingerprint density at radius 2 is 1.62 bits per heavy atom. The van der Waals surface area contributed by atoms with Gasteiger partial charge in [0, 0.05) is 0 Å².